The quantitative estimate of drug-likeness (QED) is 0.797. The molecule has 1 heterocycles. The molecular weight excluding hydrogens is 214 g/mol. The summed E-state index contributed by atoms with van der Waals surface area (Å²) in [5, 5.41) is 3.33. The van der Waals surface area contributed by atoms with E-state index in [9.17, 15) is 0 Å². The van der Waals surface area contributed by atoms with Gasteiger partial charge in [0.25, 0.3) is 6.01 Å². The third-order valence-electron chi connectivity index (χ3n) is 3.62. The van der Waals surface area contributed by atoms with Crippen LogP contribution >= 0.6 is 0 Å². The third-order valence-corrected chi connectivity index (χ3v) is 3.62. The van der Waals surface area contributed by atoms with E-state index in [2.05, 4.69) is 17.2 Å². The normalized spacial score (nSPS) is 17.9. The Balaban J connectivity index is 1.80. The highest BCUT2D eigenvalue weighted by atomic mass is 16.4. The number of hydrogen-bond acceptors (Lipinski definition) is 4. The molecule has 0 aliphatic heterocycles. The average Bonchev–Trinajstić information content (AvgIpc) is 2.55. The summed E-state index contributed by atoms with van der Waals surface area (Å²) in [6.07, 6.45) is 3.96. The highest BCUT2D eigenvalue weighted by Gasteiger charge is 2.24. The molecule has 17 heavy (non-hydrogen) atoms. The molecule has 4 nitrogen and oxygen atoms in total. The van der Waals surface area contributed by atoms with Crippen LogP contribution in [0, 0.1) is 5.92 Å². The van der Waals surface area contributed by atoms with Gasteiger partial charge in [0, 0.05) is 11.7 Å². The molecule has 90 valence electrons. The predicted octanol–water partition coefficient (Wildman–Crippen LogP) is 3.01. The first-order valence-electron chi connectivity index (χ1n) is 6.15. The van der Waals surface area contributed by atoms with E-state index in [0.29, 0.717) is 17.7 Å². The monoisotopic (exact) mass is 231 g/mol. The van der Waals surface area contributed by atoms with Gasteiger partial charge in [-0.3, -0.25) is 0 Å². The van der Waals surface area contributed by atoms with Crippen LogP contribution in [0.4, 0.5) is 11.7 Å². The number of anilines is 2. The van der Waals surface area contributed by atoms with Gasteiger partial charge >= 0.3 is 0 Å². The minimum Gasteiger partial charge on any atom is -0.424 e. The van der Waals surface area contributed by atoms with Crippen LogP contribution in [0.5, 0.6) is 0 Å². The van der Waals surface area contributed by atoms with Crippen molar-refractivity contribution >= 4 is 22.8 Å². The van der Waals surface area contributed by atoms with Gasteiger partial charge < -0.3 is 15.5 Å². The summed E-state index contributed by atoms with van der Waals surface area (Å²) in [4.78, 5) is 4.40. The molecule has 3 N–H and O–H groups in total. The largest absolute Gasteiger partial charge is 0.424 e. The van der Waals surface area contributed by atoms with Crippen molar-refractivity contribution in [2.24, 2.45) is 5.92 Å². The summed E-state index contributed by atoms with van der Waals surface area (Å²) >= 11 is 0. The van der Waals surface area contributed by atoms with E-state index >= 15 is 0 Å². The summed E-state index contributed by atoms with van der Waals surface area (Å²) in [5.41, 5.74) is 8.02. The summed E-state index contributed by atoms with van der Waals surface area (Å²) in [6.45, 7) is 2.19. The highest BCUT2D eigenvalue weighted by Crippen LogP contribution is 2.31. The number of nitrogens with two attached hydrogens (primary N) is 1. The number of nitrogens with zero attached hydrogens (tertiary/aromatic N) is 1. The SMILES string of the molecule is CC(Nc1nc2cc(N)ccc2o1)C1CCC1. The van der Waals surface area contributed by atoms with E-state index in [-0.39, 0.29) is 0 Å². The van der Waals surface area contributed by atoms with Crippen molar-refractivity contribution < 1.29 is 4.42 Å². The van der Waals surface area contributed by atoms with Gasteiger partial charge in [-0.1, -0.05) is 6.42 Å². The van der Waals surface area contributed by atoms with Gasteiger partial charge in [-0.15, -0.1) is 0 Å². The van der Waals surface area contributed by atoms with Crippen LogP contribution in [0.3, 0.4) is 0 Å². The molecule has 1 saturated carbocycles. The van der Waals surface area contributed by atoms with Crippen molar-refractivity contribution in [2.45, 2.75) is 32.2 Å². The van der Waals surface area contributed by atoms with Crippen LogP contribution in [0.1, 0.15) is 26.2 Å². The Kier molecular flexibility index (Phi) is 2.42. The van der Waals surface area contributed by atoms with Crippen molar-refractivity contribution in [1.82, 2.24) is 4.98 Å². The van der Waals surface area contributed by atoms with Crippen molar-refractivity contribution in [3.63, 3.8) is 0 Å². The Morgan fingerprint density at radius 3 is 3.00 bits per heavy atom. The Bertz CT molecular complexity index is 530. The molecular formula is C13H17N3O. The maximum Gasteiger partial charge on any atom is 0.295 e. The molecule has 1 atom stereocenters. The topological polar surface area (TPSA) is 64.1 Å². The molecule has 4 heteroatoms. The maximum atomic E-state index is 5.71. The molecule has 3 rings (SSSR count). The van der Waals surface area contributed by atoms with Crippen LogP contribution in [-0.4, -0.2) is 11.0 Å². The number of hydrogen-bond donors (Lipinski definition) is 2. The van der Waals surface area contributed by atoms with Crippen LogP contribution in [0.25, 0.3) is 11.1 Å². The Morgan fingerprint density at radius 1 is 1.47 bits per heavy atom. The molecule has 1 aromatic carbocycles. The number of benzene rings is 1. The predicted molar refractivity (Wildman–Crippen MR) is 68.8 cm³/mol. The lowest BCUT2D eigenvalue weighted by atomic mass is 9.80. The molecule has 0 amide bonds. The third kappa shape index (κ3) is 1.95. The van der Waals surface area contributed by atoms with E-state index in [4.69, 9.17) is 10.2 Å². The first-order chi connectivity index (χ1) is 8.22. The van der Waals surface area contributed by atoms with Crippen LogP contribution < -0.4 is 11.1 Å². The van der Waals surface area contributed by atoms with E-state index < -0.39 is 0 Å². The van der Waals surface area contributed by atoms with Gasteiger partial charge in [-0.25, -0.2) is 0 Å². The number of aromatic nitrogens is 1. The number of nitrogens with one attached hydrogen (secondary N) is 1. The highest BCUT2D eigenvalue weighted by molar-refractivity contribution is 5.78. The van der Waals surface area contributed by atoms with E-state index in [1.807, 2.05) is 18.2 Å². The smallest absolute Gasteiger partial charge is 0.295 e. The van der Waals surface area contributed by atoms with Crippen molar-refractivity contribution in [3.8, 4) is 0 Å². The zero-order valence-corrected chi connectivity index (χ0v) is 9.94. The standard InChI is InChI=1S/C13H17N3O/c1-8(9-3-2-4-9)15-13-16-11-7-10(14)5-6-12(11)17-13/h5-9H,2-4,14H2,1H3,(H,15,16). The molecule has 0 saturated heterocycles. The summed E-state index contributed by atoms with van der Waals surface area (Å²) in [5.74, 6) is 0.759. The van der Waals surface area contributed by atoms with Gasteiger partial charge in [0.05, 0.1) is 0 Å². The summed E-state index contributed by atoms with van der Waals surface area (Å²) in [7, 11) is 0. The molecule has 1 aliphatic rings. The maximum absolute atomic E-state index is 5.71. The minimum absolute atomic E-state index is 0.425. The van der Waals surface area contributed by atoms with Gasteiger partial charge in [-0.05, 0) is 43.9 Å². The molecule has 0 spiro atoms. The fourth-order valence-electron chi connectivity index (χ4n) is 2.26. The number of nitrogen functional groups attached to an aromatic ring is 1. The Hall–Kier alpha value is -1.71. The molecule has 0 radical (unpaired) electrons. The number of fused-ring (bicyclic) bond motifs is 1. The first-order valence-corrected chi connectivity index (χ1v) is 6.15. The summed E-state index contributed by atoms with van der Waals surface area (Å²) < 4.78 is 5.63. The van der Waals surface area contributed by atoms with Crippen molar-refractivity contribution in [2.75, 3.05) is 11.1 Å². The van der Waals surface area contributed by atoms with Gasteiger partial charge in [0.2, 0.25) is 0 Å². The first kappa shape index (κ1) is 10.4. The Labute approximate surface area is 100 Å². The van der Waals surface area contributed by atoms with Crippen molar-refractivity contribution in [1.29, 1.82) is 0 Å². The average molecular weight is 231 g/mol. The number of rotatable bonds is 3. The second-order valence-electron chi connectivity index (χ2n) is 4.87. The van der Waals surface area contributed by atoms with E-state index in [0.717, 1.165) is 17.0 Å². The van der Waals surface area contributed by atoms with Crippen LogP contribution in [-0.2, 0) is 0 Å². The number of oxazole rings is 1. The lowest BCUT2D eigenvalue weighted by molar-refractivity contribution is 0.282. The minimum atomic E-state index is 0.425. The second kappa shape index (κ2) is 3.95. The fraction of sp³-hybridized carbons (Fsp3) is 0.462. The fourth-order valence-corrected chi connectivity index (χ4v) is 2.26. The Morgan fingerprint density at radius 2 is 2.29 bits per heavy atom. The zero-order valence-electron chi connectivity index (χ0n) is 9.94. The lowest BCUT2D eigenvalue weighted by Gasteiger charge is -2.31. The van der Waals surface area contributed by atoms with Crippen LogP contribution in [0.15, 0.2) is 22.6 Å². The summed E-state index contributed by atoms with van der Waals surface area (Å²) in [6, 6.07) is 6.54. The van der Waals surface area contributed by atoms with Crippen molar-refractivity contribution in [3.05, 3.63) is 18.2 Å². The molecule has 0 bridgehead atoms. The second-order valence-corrected chi connectivity index (χ2v) is 4.87. The molecule has 1 fully saturated rings. The van der Waals surface area contributed by atoms with E-state index in [1.54, 1.807) is 0 Å². The molecule has 1 aliphatic carbocycles. The lowest BCUT2D eigenvalue weighted by Crippen LogP contribution is -2.30. The molecule has 1 unspecified atom stereocenters. The van der Waals surface area contributed by atoms with Gasteiger partial charge in [0.15, 0.2) is 5.58 Å². The molecule has 2 aromatic rings. The molecule has 1 aromatic heterocycles. The zero-order chi connectivity index (χ0) is 11.8. The van der Waals surface area contributed by atoms with E-state index in [1.165, 1.54) is 19.3 Å². The van der Waals surface area contributed by atoms with Gasteiger partial charge in [-0.2, -0.15) is 4.98 Å². The van der Waals surface area contributed by atoms with Gasteiger partial charge in [0.1, 0.15) is 5.52 Å². The van der Waals surface area contributed by atoms with Crippen LogP contribution in [0.2, 0.25) is 0 Å².